The predicted octanol–water partition coefficient (Wildman–Crippen LogP) is 4.29. The molecule has 0 aliphatic heterocycles. The van der Waals surface area contributed by atoms with Gasteiger partial charge in [0, 0.05) is 0 Å². The second-order valence-electron chi connectivity index (χ2n) is 5.35. The molecule has 0 aliphatic carbocycles. The lowest BCUT2D eigenvalue weighted by molar-refractivity contribution is 0.471. The van der Waals surface area contributed by atoms with Crippen LogP contribution in [0.4, 0.5) is 0 Å². The maximum absolute atomic E-state index is 12.3. The zero-order chi connectivity index (χ0) is 15.0. The lowest BCUT2D eigenvalue weighted by Crippen LogP contribution is -2.06. The van der Waals surface area contributed by atoms with Crippen molar-refractivity contribution in [1.29, 1.82) is 0 Å². The first-order chi connectivity index (χ1) is 10.1. The third kappa shape index (κ3) is 2.21. The molecular formula is C18H16O3. The van der Waals surface area contributed by atoms with Crippen LogP contribution in [0.2, 0.25) is 0 Å². The molecule has 1 aromatic heterocycles. The molecule has 1 heterocycles. The van der Waals surface area contributed by atoms with Crippen LogP contribution in [-0.4, -0.2) is 5.11 Å². The highest BCUT2D eigenvalue weighted by Crippen LogP contribution is 2.36. The third-order valence-electron chi connectivity index (χ3n) is 3.64. The van der Waals surface area contributed by atoms with E-state index in [1.54, 1.807) is 24.3 Å². The summed E-state index contributed by atoms with van der Waals surface area (Å²) in [6, 6.07) is 14.6. The minimum atomic E-state index is -0.515. The second-order valence-corrected chi connectivity index (χ2v) is 5.35. The van der Waals surface area contributed by atoms with Gasteiger partial charge in [0.15, 0.2) is 0 Å². The summed E-state index contributed by atoms with van der Waals surface area (Å²) in [5.41, 5.74) is 1.85. The van der Waals surface area contributed by atoms with Gasteiger partial charge in [-0.25, -0.2) is 4.79 Å². The van der Waals surface area contributed by atoms with Gasteiger partial charge in [0.25, 0.3) is 0 Å². The summed E-state index contributed by atoms with van der Waals surface area (Å²) in [6.07, 6.45) is 0. The smallest absolute Gasteiger partial charge is 0.347 e. The fourth-order valence-corrected chi connectivity index (χ4v) is 2.60. The quantitative estimate of drug-likeness (QED) is 0.712. The Morgan fingerprint density at radius 3 is 2.43 bits per heavy atom. The van der Waals surface area contributed by atoms with Crippen molar-refractivity contribution in [2.75, 3.05) is 0 Å². The minimum absolute atomic E-state index is 0.0186. The summed E-state index contributed by atoms with van der Waals surface area (Å²) >= 11 is 0. The zero-order valence-electron chi connectivity index (χ0n) is 12.0. The molecule has 0 spiro atoms. The first-order valence-corrected chi connectivity index (χ1v) is 6.93. The topological polar surface area (TPSA) is 50.4 Å². The van der Waals surface area contributed by atoms with Gasteiger partial charge in [-0.2, -0.15) is 0 Å². The summed E-state index contributed by atoms with van der Waals surface area (Å²) < 4.78 is 5.35. The minimum Gasteiger partial charge on any atom is -0.506 e. The first-order valence-electron chi connectivity index (χ1n) is 6.93. The van der Waals surface area contributed by atoms with E-state index in [0.29, 0.717) is 11.0 Å². The van der Waals surface area contributed by atoms with E-state index in [1.165, 1.54) is 0 Å². The lowest BCUT2D eigenvalue weighted by Gasteiger charge is -2.13. The third-order valence-corrected chi connectivity index (χ3v) is 3.64. The molecule has 3 nitrogen and oxygen atoms in total. The van der Waals surface area contributed by atoms with Crippen LogP contribution in [0.15, 0.2) is 57.7 Å². The van der Waals surface area contributed by atoms with Crippen molar-refractivity contribution in [1.82, 2.24) is 0 Å². The van der Waals surface area contributed by atoms with Crippen LogP contribution in [-0.2, 0) is 0 Å². The van der Waals surface area contributed by atoms with Crippen molar-refractivity contribution in [3.8, 4) is 16.9 Å². The number of para-hydroxylation sites is 1. The molecule has 0 atom stereocenters. The Labute approximate surface area is 122 Å². The van der Waals surface area contributed by atoms with E-state index in [0.717, 1.165) is 11.1 Å². The molecule has 0 radical (unpaired) electrons. The molecule has 3 aromatic rings. The van der Waals surface area contributed by atoms with E-state index in [9.17, 15) is 9.90 Å². The van der Waals surface area contributed by atoms with Crippen LogP contribution in [0.5, 0.6) is 5.75 Å². The van der Waals surface area contributed by atoms with Crippen molar-refractivity contribution in [2.24, 2.45) is 0 Å². The molecule has 0 saturated carbocycles. The summed E-state index contributed by atoms with van der Waals surface area (Å²) in [5, 5.41) is 11.1. The van der Waals surface area contributed by atoms with E-state index in [1.807, 2.05) is 24.3 Å². The van der Waals surface area contributed by atoms with Crippen molar-refractivity contribution in [2.45, 2.75) is 19.8 Å². The van der Waals surface area contributed by atoms with Gasteiger partial charge >= 0.3 is 5.63 Å². The Balaban J connectivity index is 2.39. The highest BCUT2D eigenvalue weighted by atomic mass is 16.4. The summed E-state index contributed by atoms with van der Waals surface area (Å²) in [6.45, 7) is 4.11. The van der Waals surface area contributed by atoms with Crippen LogP contribution < -0.4 is 5.63 Å². The molecule has 21 heavy (non-hydrogen) atoms. The molecule has 3 rings (SSSR count). The van der Waals surface area contributed by atoms with E-state index in [2.05, 4.69) is 13.8 Å². The second kappa shape index (κ2) is 5.09. The predicted molar refractivity (Wildman–Crippen MR) is 83.7 cm³/mol. The number of hydrogen-bond donors (Lipinski definition) is 1. The van der Waals surface area contributed by atoms with Gasteiger partial charge in [0.2, 0.25) is 0 Å². The average molecular weight is 280 g/mol. The average Bonchev–Trinajstić information content (AvgIpc) is 2.47. The Bertz CT molecular complexity index is 860. The summed E-state index contributed by atoms with van der Waals surface area (Å²) in [5.74, 6) is 0.224. The van der Waals surface area contributed by atoms with Crippen molar-refractivity contribution < 1.29 is 9.52 Å². The van der Waals surface area contributed by atoms with E-state index < -0.39 is 5.63 Å². The SMILES string of the molecule is CC(C)c1ccccc1-c1c(O)c2ccccc2oc1=O. The van der Waals surface area contributed by atoms with Crippen LogP contribution in [0, 0.1) is 0 Å². The fourth-order valence-electron chi connectivity index (χ4n) is 2.60. The van der Waals surface area contributed by atoms with E-state index >= 15 is 0 Å². The molecule has 0 bridgehead atoms. The molecule has 0 amide bonds. The Morgan fingerprint density at radius 2 is 1.67 bits per heavy atom. The van der Waals surface area contributed by atoms with Gasteiger partial charge in [0.05, 0.1) is 5.39 Å². The largest absolute Gasteiger partial charge is 0.506 e. The van der Waals surface area contributed by atoms with Gasteiger partial charge in [0.1, 0.15) is 16.9 Å². The fraction of sp³-hybridized carbons (Fsp3) is 0.167. The molecule has 2 aromatic carbocycles. The number of hydrogen-bond acceptors (Lipinski definition) is 3. The van der Waals surface area contributed by atoms with E-state index in [-0.39, 0.29) is 17.2 Å². The molecule has 0 aliphatic rings. The molecule has 0 fully saturated rings. The number of aromatic hydroxyl groups is 1. The monoisotopic (exact) mass is 280 g/mol. The van der Waals surface area contributed by atoms with Crippen LogP contribution in [0.3, 0.4) is 0 Å². The van der Waals surface area contributed by atoms with Crippen molar-refractivity contribution in [3.63, 3.8) is 0 Å². The maximum Gasteiger partial charge on any atom is 0.347 e. The number of rotatable bonds is 2. The first kappa shape index (κ1) is 13.4. The maximum atomic E-state index is 12.3. The Hall–Kier alpha value is -2.55. The van der Waals surface area contributed by atoms with Crippen molar-refractivity contribution in [3.05, 3.63) is 64.5 Å². The Kier molecular flexibility index (Phi) is 3.26. The molecule has 1 N–H and O–H groups in total. The van der Waals surface area contributed by atoms with Gasteiger partial charge in [-0.1, -0.05) is 50.2 Å². The highest BCUT2D eigenvalue weighted by molar-refractivity contribution is 5.90. The molecule has 0 saturated heterocycles. The van der Waals surface area contributed by atoms with Gasteiger partial charge in [-0.15, -0.1) is 0 Å². The normalized spacial score (nSPS) is 11.2. The van der Waals surface area contributed by atoms with Gasteiger partial charge < -0.3 is 9.52 Å². The van der Waals surface area contributed by atoms with Crippen LogP contribution in [0.25, 0.3) is 22.1 Å². The summed E-state index contributed by atoms with van der Waals surface area (Å²) in [7, 11) is 0. The number of fused-ring (bicyclic) bond motifs is 1. The molecule has 106 valence electrons. The van der Waals surface area contributed by atoms with E-state index in [4.69, 9.17) is 4.42 Å². The highest BCUT2D eigenvalue weighted by Gasteiger charge is 2.18. The molecule has 0 unspecified atom stereocenters. The zero-order valence-corrected chi connectivity index (χ0v) is 12.0. The lowest BCUT2D eigenvalue weighted by atomic mass is 9.92. The summed E-state index contributed by atoms with van der Waals surface area (Å²) in [4.78, 5) is 12.3. The standard InChI is InChI=1S/C18H16O3/c1-11(2)12-7-3-4-8-13(12)16-17(19)14-9-5-6-10-15(14)21-18(16)20/h3-11,19H,1-2H3. The van der Waals surface area contributed by atoms with Crippen molar-refractivity contribution >= 4 is 11.0 Å². The van der Waals surface area contributed by atoms with Gasteiger partial charge in [-0.3, -0.25) is 0 Å². The van der Waals surface area contributed by atoms with Gasteiger partial charge in [-0.05, 0) is 29.2 Å². The van der Waals surface area contributed by atoms with Crippen LogP contribution in [0.1, 0.15) is 25.3 Å². The van der Waals surface area contributed by atoms with Crippen LogP contribution >= 0.6 is 0 Å². The molecule has 3 heteroatoms. The number of benzene rings is 2. The Morgan fingerprint density at radius 1 is 1.00 bits per heavy atom. The molecular weight excluding hydrogens is 264 g/mol.